The summed E-state index contributed by atoms with van der Waals surface area (Å²) in [5, 5.41) is 7.58. The lowest BCUT2D eigenvalue weighted by Gasteiger charge is -2.22. The second kappa shape index (κ2) is 9.57. The van der Waals surface area contributed by atoms with Crippen molar-refractivity contribution in [2.24, 2.45) is 5.14 Å². The van der Waals surface area contributed by atoms with Crippen molar-refractivity contribution in [1.29, 1.82) is 0 Å². The predicted octanol–water partition coefficient (Wildman–Crippen LogP) is 2.30. The van der Waals surface area contributed by atoms with Crippen LogP contribution in [0.15, 0.2) is 88.7 Å². The van der Waals surface area contributed by atoms with E-state index in [9.17, 15) is 26.0 Å². The van der Waals surface area contributed by atoms with E-state index in [2.05, 4.69) is 5.32 Å². The van der Waals surface area contributed by atoms with Gasteiger partial charge in [-0.2, -0.15) is 4.31 Å². The molecule has 0 aliphatic rings. The molecule has 32 heavy (non-hydrogen) atoms. The van der Waals surface area contributed by atoms with Gasteiger partial charge in [-0.1, -0.05) is 30.3 Å². The van der Waals surface area contributed by atoms with Gasteiger partial charge in [-0.25, -0.2) is 26.4 Å². The summed E-state index contributed by atoms with van der Waals surface area (Å²) in [4.78, 5) is 12.3. The number of nitrogens with one attached hydrogen (secondary N) is 1. The second-order valence-electron chi connectivity index (χ2n) is 6.83. The van der Waals surface area contributed by atoms with Gasteiger partial charge >= 0.3 is 0 Å². The third-order valence-electron chi connectivity index (χ3n) is 4.44. The maximum atomic E-state index is 13.3. The minimum atomic E-state index is -4.12. The molecule has 3 N–H and O–H groups in total. The lowest BCUT2D eigenvalue weighted by Crippen LogP contribution is -2.37. The molecule has 0 bridgehead atoms. The Kier molecular flexibility index (Phi) is 7.04. The molecular weight excluding hydrogens is 457 g/mol. The molecule has 1 amide bonds. The molecule has 0 aliphatic heterocycles. The van der Waals surface area contributed by atoms with E-state index in [0.717, 1.165) is 28.6 Å². The Morgan fingerprint density at radius 1 is 0.844 bits per heavy atom. The maximum absolute atomic E-state index is 13.3. The first kappa shape index (κ1) is 23.5. The summed E-state index contributed by atoms with van der Waals surface area (Å²) in [5.74, 6) is -1.23. The van der Waals surface area contributed by atoms with Crippen molar-refractivity contribution >= 4 is 31.6 Å². The first-order chi connectivity index (χ1) is 15.1. The number of benzene rings is 3. The average Bonchev–Trinajstić information content (AvgIpc) is 2.74. The van der Waals surface area contributed by atoms with E-state index in [1.54, 1.807) is 30.3 Å². The van der Waals surface area contributed by atoms with Gasteiger partial charge in [-0.05, 0) is 54.1 Å². The third kappa shape index (κ3) is 5.98. The first-order valence-corrected chi connectivity index (χ1v) is 12.3. The maximum Gasteiger partial charge on any atom is 0.243 e. The van der Waals surface area contributed by atoms with Gasteiger partial charge < -0.3 is 5.32 Å². The number of hydrogen-bond acceptors (Lipinski definition) is 5. The van der Waals surface area contributed by atoms with E-state index >= 15 is 0 Å². The number of sulfonamides is 2. The molecule has 0 aromatic heterocycles. The molecular formula is C21H20FN3O5S2. The van der Waals surface area contributed by atoms with Gasteiger partial charge in [0.25, 0.3) is 0 Å². The van der Waals surface area contributed by atoms with E-state index in [0.29, 0.717) is 5.56 Å². The molecule has 0 saturated carbocycles. The van der Waals surface area contributed by atoms with Crippen molar-refractivity contribution < 1.29 is 26.0 Å². The smallest absolute Gasteiger partial charge is 0.243 e. The van der Waals surface area contributed by atoms with Gasteiger partial charge in [0, 0.05) is 12.2 Å². The van der Waals surface area contributed by atoms with Crippen LogP contribution < -0.4 is 10.5 Å². The molecule has 0 atom stereocenters. The third-order valence-corrected chi connectivity index (χ3v) is 7.17. The minimum absolute atomic E-state index is 0.0850. The molecule has 168 valence electrons. The molecule has 3 rings (SSSR count). The van der Waals surface area contributed by atoms with E-state index < -0.39 is 38.3 Å². The molecule has 8 nitrogen and oxygen atoms in total. The largest absolute Gasteiger partial charge is 0.325 e. The zero-order valence-corrected chi connectivity index (χ0v) is 18.3. The molecule has 0 heterocycles. The van der Waals surface area contributed by atoms with Crippen LogP contribution in [-0.2, 0) is 31.4 Å². The predicted molar refractivity (Wildman–Crippen MR) is 117 cm³/mol. The van der Waals surface area contributed by atoms with E-state index in [1.807, 2.05) is 0 Å². The van der Waals surface area contributed by atoms with Crippen molar-refractivity contribution in [2.75, 3.05) is 11.9 Å². The summed E-state index contributed by atoms with van der Waals surface area (Å²) in [5.41, 5.74) is 0.921. The summed E-state index contributed by atoms with van der Waals surface area (Å²) >= 11 is 0. The number of primary sulfonamides is 1. The Bertz CT molecular complexity index is 1300. The fourth-order valence-electron chi connectivity index (χ4n) is 2.86. The van der Waals surface area contributed by atoms with Gasteiger partial charge in [-0.15, -0.1) is 0 Å². The summed E-state index contributed by atoms with van der Waals surface area (Å²) in [6.07, 6.45) is 0. The molecule has 3 aromatic carbocycles. The van der Waals surface area contributed by atoms with Crippen molar-refractivity contribution in [3.8, 4) is 0 Å². The van der Waals surface area contributed by atoms with Crippen molar-refractivity contribution in [3.63, 3.8) is 0 Å². The van der Waals surface area contributed by atoms with Crippen molar-refractivity contribution in [1.82, 2.24) is 4.31 Å². The lowest BCUT2D eigenvalue weighted by molar-refractivity contribution is -0.116. The van der Waals surface area contributed by atoms with Crippen LogP contribution in [0.5, 0.6) is 0 Å². The van der Waals surface area contributed by atoms with Crippen LogP contribution in [-0.4, -0.2) is 33.6 Å². The van der Waals surface area contributed by atoms with E-state index in [4.69, 9.17) is 5.14 Å². The summed E-state index contributed by atoms with van der Waals surface area (Å²) in [6, 6.07) is 18.1. The lowest BCUT2D eigenvalue weighted by atomic mass is 10.2. The Hall–Kier alpha value is -3.12. The molecule has 3 aromatic rings. The van der Waals surface area contributed by atoms with Crippen molar-refractivity contribution in [2.45, 2.75) is 16.3 Å². The van der Waals surface area contributed by atoms with Crippen molar-refractivity contribution in [3.05, 3.63) is 90.2 Å². The number of nitrogens with zero attached hydrogens (tertiary/aromatic N) is 1. The van der Waals surface area contributed by atoms with Gasteiger partial charge in [-0.3, -0.25) is 4.79 Å². The fourth-order valence-corrected chi connectivity index (χ4v) is 4.76. The molecule has 0 fully saturated rings. The normalized spacial score (nSPS) is 12.0. The van der Waals surface area contributed by atoms with Crippen LogP contribution in [0.1, 0.15) is 5.56 Å². The van der Waals surface area contributed by atoms with Crippen LogP contribution in [0.2, 0.25) is 0 Å². The molecule has 0 radical (unpaired) electrons. The monoisotopic (exact) mass is 477 g/mol. The number of anilines is 1. The van der Waals surface area contributed by atoms with Crippen LogP contribution in [0.4, 0.5) is 10.1 Å². The van der Waals surface area contributed by atoms with Crippen LogP contribution in [0.25, 0.3) is 0 Å². The van der Waals surface area contributed by atoms with Gasteiger partial charge in [0.05, 0.1) is 16.3 Å². The highest BCUT2D eigenvalue weighted by molar-refractivity contribution is 7.89. The summed E-state index contributed by atoms with van der Waals surface area (Å²) < 4.78 is 63.2. The number of carbonyl (C=O) groups excluding carboxylic acids is 1. The fraction of sp³-hybridized carbons (Fsp3) is 0.0952. The van der Waals surface area contributed by atoms with E-state index in [-0.39, 0.29) is 22.0 Å². The summed E-state index contributed by atoms with van der Waals surface area (Å²) in [7, 11) is -8.00. The zero-order chi connectivity index (χ0) is 23.4. The number of amides is 1. The molecule has 0 saturated heterocycles. The van der Waals surface area contributed by atoms with Gasteiger partial charge in [0.1, 0.15) is 5.82 Å². The number of halogens is 1. The highest BCUT2D eigenvalue weighted by Crippen LogP contribution is 2.20. The SMILES string of the molecule is NS(=O)(=O)c1ccc(NC(=O)CN(Cc2ccccc2)S(=O)(=O)c2ccc(F)cc2)cc1. The Morgan fingerprint density at radius 3 is 1.97 bits per heavy atom. The molecule has 0 unspecified atom stereocenters. The van der Waals surface area contributed by atoms with Gasteiger partial charge in [0.15, 0.2) is 0 Å². The number of carbonyl (C=O) groups is 1. The second-order valence-corrected chi connectivity index (χ2v) is 10.3. The quantitative estimate of drug-likeness (QED) is 0.515. The highest BCUT2D eigenvalue weighted by atomic mass is 32.2. The van der Waals surface area contributed by atoms with E-state index in [1.165, 1.54) is 24.3 Å². The van der Waals surface area contributed by atoms with Crippen LogP contribution in [0.3, 0.4) is 0 Å². The number of rotatable bonds is 8. The summed E-state index contributed by atoms with van der Waals surface area (Å²) in [6.45, 7) is -0.607. The Labute approximate surface area is 185 Å². The molecule has 11 heteroatoms. The topological polar surface area (TPSA) is 127 Å². The van der Waals surface area contributed by atoms with Crippen LogP contribution >= 0.6 is 0 Å². The molecule has 0 spiro atoms. The van der Waals surface area contributed by atoms with Crippen LogP contribution in [0, 0.1) is 5.82 Å². The number of hydrogen-bond donors (Lipinski definition) is 2. The standard InChI is InChI=1S/C21H20FN3O5S2/c22-17-6-10-20(11-7-17)32(29,30)25(14-16-4-2-1-3-5-16)15-21(26)24-18-8-12-19(13-9-18)31(23,27)28/h1-13H,14-15H2,(H,24,26)(H2,23,27,28). The Morgan fingerprint density at radius 2 is 1.41 bits per heavy atom. The number of nitrogens with two attached hydrogens (primary N) is 1. The first-order valence-electron chi connectivity index (χ1n) is 9.28. The molecule has 0 aliphatic carbocycles. The van der Waals surface area contributed by atoms with Gasteiger partial charge in [0.2, 0.25) is 26.0 Å². The zero-order valence-electron chi connectivity index (χ0n) is 16.7. The average molecular weight is 478 g/mol. The minimum Gasteiger partial charge on any atom is -0.325 e. The Balaban J connectivity index is 1.83. The highest BCUT2D eigenvalue weighted by Gasteiger charge is 2.27.